The predicted molar refractivity (Wildman–Crippen MR) is 119 cm³/mol. The number of oxazole rings is 1. The first-order valence-electron chi connectivity index (χ1n) is 9.25. The van der Waals surface area contributed by atoms with Crippen LogP contribution in [0.25, 0.3) is 34.0 Å². The van der Waals surface area contributed by atoms with Crippen molar-refractivity contribution in [3.05, 3.63) is 88.7 Å². The van der Waals surface area contributed by atoms with Crippen LogP contribution in [0.1, 0.15) is 10.6 Å². The summed E-state index contributed by atoms with van der Waals surface area (Å²) in [5.74, 6) is 0.623. The molecule has 0 saturated heterocycles. The molecule has 0 atom stereocenters. The average molecular weight is 450 g/mol. The van der Waals surface area contributed by atoms with Gasteiger partial charge in [-0.05, 0) is 54.6 Å². The highest BCUT2D eigenvalue weighted by Gasteiger charge is 2.16. The van der Waals surface area contributed by atoms with Crippen LogP contribution < -0.4 is 5.32 Å². The molecule has 5 aromatic rings. The largest absolute Gasteiger partial charge is 0.451 e. The third-order valence-electron chi connectivity index (χ3n) is 4.56. The minimum absolute atomic E-state index is 0.164. The quantitative estimate of drug-likeness (QED) is 0.329. The van der Waals surface area contributed by atoms with Crippen LogP contribution in [0, 0.1) is 0 Å². The monoisotopic (exact) mass is 449 g/mol. The number of hydrogen-bond acceptors (Lipinski definition) is 5. The molecule has 0 radical (unpaired) electrons. The Labute approximate surface area is 186 Å². The number of nitrogens with one attached hydrogen (secondary N) is 1. The summed E-state index contributed by atoms with van der Waals surface area (Å²) in [6, 6.07) is 19.1. The molecule has 0 saturated carbocycles. The van der Waals surface area contributed by atoms with Gasteiger partial charge in [-0.15, -0.1) is 0 Å². The zero-order valence-electron chi connectivity index (χ0n) is 15.8. The number of anilines is 1. The Balaban J connectivity index is 1.40. The van der Waals surface area contributed by atoms with Gasteiger partial charge < -0.3 is 14.2 Å². The van der Waals surface area contributed by atoms with Crippen molar-refractivity contribution in [1.29, 1.82) is 0 Å². The maximum Gasteiger partial charge on any atom is 0.291 e. The number of furan rings is 1. The van der Waals surface area contributed by atoms with Crippen molar-refractivity contribution in [2.75, 3.05) is 5.32 Å². The Kier molecular flexibility index (Phi) is 4.94. The molecule has 0 bridgehead atoms. The summed E-state index contributed by atoms with van der Waals surface area (Å²) in [6.45, 7) is 0. The maximum atomic E-state index is 12.7. The Bertz CT molecular complexity index is 1390. The van der Waals surface area contributed by atoms with E-state index >= 15 is 0 Å². The molecule has 1 N–H and O–H groups in total. The second-order valence-corrected chi connectivity index (χ2v) is 7.51. The number of hydrogen-bond donors (Lipinski definition) is 1. The molecular weight excluding hydrogens is 437 g/mol. The molecule has 0 fully saturated rings. The summed E-state index contributed by atoms with van der Waals surface area (Å²) < 4.78 is 11.4. The number of amides is 1. The van der Waals surface area contributed by atoms with Gasteiger partial charge in [-0.2, -0.15) is 4.98 Å². The van der Waals surface area contributed by atoms with Crippen LogP contribution in [-0.2, 0) is 0 Å². The number of pyridine rings is 1. The third kappa shape index (κ3) is 3.91. The lowest BCUT2D eigenvalue weighted by Crippen LogP contribution is -2.10. The van der Waals surface area contributed by atoms with Gasteiger partial charge in [0.25, 0.3) is 5.91 Å². The van der Waals surface area contributed by atoms with Gasteiger partial charge in [0.15, 0.2) is 17.0 Å². The second kappa shape index (κ2) is 7.91. The first kappa shape index (κ1) is 19.4. The topological polar surface area (TPSA) is 81.2 Å². The minimum Gasteiger partial charge on any atom is -0.451 e. The second-order valence-electron chi connectivity index (χ2n) is 6.67. The molecule has 8 heteroatoms. The highest BCUT2D eigenvalue weighted by molar-refractivity contribution is 6.33. The van der Waals surface area contributed by atoms with Crippen molar-refractivity contribution in [3.8, 4) is 22.8 Å². The Morgan fingerprint density at radius 3 is 2.68 bits per heavy atom. The van der Waals surface area contributed by atoms with Gasteiger partial charge in [-0.1, -0.05) is 35.3 Å². The highest BCUT2D eigenvalue weighted by atomic mass is 35.5. The van der Waals surface area contributed by atoms with E-state index < -0.39 is 5.91 Å². The molecule has 0 aliphatic carbocycles. The fourth-order valence-electron chi connectivity index (χ4n) is 3.10. The molecule has 3 aromatic heterocycles. The SMILES string of the molecule is O=C(Nc1ccc(Cl)c(-c2nc3ncccc3o2)c1)c1ccc(-c2cccc(Cl)c2)o1. The summed E-state index contributed by atoms with van der Waals surface area (Å²) in [4.78, 5) is 21.2. The van der Waals surface area contributed by atoms with Gasteiger partial charge >= 0.3 is 0 Å². The van der Waals surface area contributed by atoms with Crippen LogP contribution in [0.15, 0.2) is 81.8 Å². The van der Waals surface area contributed by atoms with E-state index in [1.807, 2.05) is 12.1 Å². The first-order valence-corrected chi connectivity index (χ1v) is 10.0. The van der Waals surface area contributed by atoms with E-state index in [2.05, 4.69) is 15.3 Å². The first-order chi connectivity index (χ1) is 15.1. The number of fused-ring (bicyclic) bond motifs is 1. The van der Waals surface area contributed by atoms with Gasteiger partial charge in [0.05, 0.1) is 10.6 Å². The van der Waals surface area contributed by atoms with Crippen LogP contribution in [0.3, 0.4) is 0 Å². The zero-order valence-corrected chi connectivity index (χ0v) is 17.3. The number of benzene rings is 2. The van der Waals surface area contributed by atoms with Crippen molar-refractivity contribution >= 4 is 46.0 Å². The Morgan fingerprint density at radius 2 is 1.84 bits per heavy atom. The Hall–Kier alpha value is -3.61. The molecule has 3 heterocycles. The number of aromatic nitrogens is 2. The van der Waals surface area contributed by atoms with Gasteiger partial charge in [0, 0.05) is 22.5 Å². The molecule has 5 rings (SSSR count). The number of nitrogens with zero attached hydrogens (tertiary/aromatic N) is 2. The van der Waals surface area contributed by atoms with Crippen molar-refractivity contribution in [2.24, 2.45) is 0 Å². The number of halogens is 2. The van der Waals surface area contributed by atoms with Crippen LogP contribution in [-0.4, -0.2) is 15.9 Å². The minimum atomic E-state index is -0.402. The van der Waals surface area contributed by atoms with Crippen LogP contribution >= 0.6 is 23.2 Å². The molecule has 152 valence electrons. The maximum absolute atomic E-state index is 12.7. The lowest BCUT2D eigenvalue weighted by Gasteiger charge is -2.06. The lowest BCUT2D eigenvalue weighted by molar-refractivity contribution is 0.0997. The fourth-order valence-corrected chi connectivity index (χ4v) is 3.49. The summed E-state index contributed by atoms with van der Waals surface area (Å²) >= 11 is 12.4. The molecule has 0 spiro atoms. The molecule has 1 amide bonds. The summed E-state index contributed by atoms with van der Waals surface area (Å²) in [5.41, 5.74) is 2.86. The summed E-state index contributed by atoms with van der Waals surface area (Å²) in [7, 11) is 0. The molecular formula is C23H13Cl2N3O3. The van der Waals surface area contributed by atoms with Gasteiger partial charge in [-0.25, -0.2) is 4.98 Å². The van der Waals surface area contributed by atoms with E-state index in [0.29, 0.717) is 44.2 Å². The van der Waals surface area contributed by atoms with E-state index in [-0.39, 0.29) is 5.76 Å². The zero-order chi connectivity index (χ0) is 21.4. The highest BCUT2D eigenvalue weighted by Crippen LogP contribution is 2.32. The molecule has 2 aromatic carbocycles. The van der Waals surface area contributed by atoms with Gasteiger partial charge in [-0.3, -0.25) is 4.79 Å². The standard InChI is InChI=1S/C23H13Cl2N3O3/c24-14-4-1-3-13(11-14)18-8-9-20(30-18)22(29)27-15-6-7-17(25)16(12-15)23-28-21-19(31-23)5-2-10-26-21/h1-12H,(H,27,29). The molecule has 0 aliphatic heterocycles. The van der Waals surface area contributed by atoms with Crippen molar-refractivity contribution in [2.45, 2.75) is 0 Å². The lowest BCUT2D eigenvalue weighted by atomic mass is 10.2. The molecule has 31 heavy (non-hydrogen) atoms. The Morgan fingerprint density at radius 1 is 0.935 bits per heavy atom. The average Bonchev–Trinajstić information content (AvgIpc) is 3.42. The number of carbonyl (C=O) groups excluding carboxylic acids is 1. The van der Waals surface area contributed by atoms with Crippen LogP contribution in [0.4, 0.5) is 5.69 Å². The van der Waals surface area contributed by atoms with Gasteiger partial charge in [0.1, 0.15) is 5.76 Å². The van der Waals surface area contributed by atoms with E-state index in [1.165, 1.54) is 0 Å². The van der Waals surface area contributed by atoms with E-state index in [0.717, 1.165) is 5.56 Å². The van der Waals surface area contributed by atoms with E-state index in [1.54, 1.807) is 60.8 Å². The van der Waals surface area contributed by atoms with Crippen molar-refractivity contribution in [1.82, 2.24) is 9.97 Å². The summed E-state index contributed by atoms with van der Waals surface area (Å²) in [5, 5.41) is 3.83. The van der Waals surface area contributed by atoms with E-state index in [4.69, 9.17) is 32.0 Å². The summed E-state index contributed by atoms with van der Waals surface area (Å²) in [6.07, 6.45) is 1.63. The normalized spacial score (nSPS) is 11.0. The van der Waals surface area contributed by atoms with Crippen LogP contribution in [0.2, 0.25) is 10.0 Å². The fraction of sp³-hybridized carbons (Fsp3) is 0. The third-order valence-corrected chi connectivity index (χ3v) is 5.12. The molecule has 0 aliphatic rings. The number of rotatable bonds is 4. The molecule has 6 nitrogen and oxygen atoms in total. The van der Waals surface area contributed by atoms with Crippen LogP contribution in [0.5, 0.6) is 0 Å². The molecule has 0 unspecified atom stereocenters. The predicted octanol–water partition coefficient (Wildman–Crippen LogP) is 6.71. The van der Waals surface area contributed by atoms with Crippen molar-refractivity contribution < 1.29 is 13.6 Å². The van der Waals surface area contributed by atoms with Gasteiger partial charge in [0.2, 0.25) is 5.89 Å². The van der Waals surface area contributed by atoms with Crippen molar-refractivity contribution in [3.63, 3.8) is 0 Å². The smallest absolute Gasteiger partial charge is 0.291 e. The van der Waals surface area contributed by atoms with E-state index in [9.17, 15) is 4.79 Å². The number of carbonyl (C=O) groups is 1.